The molecule has 0 aromatic heterocycles. The second-order valence-electron chi connectivity index (χ2n) is 4.01. The van der Waals surface area contributed by atoms with Gasteiger partial charge in [0.15, 0.2) is 0 Å². The van der Waals surface area contributed by atoms with Crippen molar-refractivity contribution in [2.45, 2.75) is 25.1 Å². The summed E-state index contributed by atoms with van der Waals surface area (Å²) >= 11 is 3.40. The normalized spacial score (nSPS) is 13.6. The maximum absolute atomic E-state index is 11.8. The first-order chi connectivity index (χ1) is 8.38. The van der Waals surface area contributed by atoms with Crippen LogP contribution in [0.15, 0.2) is 28.7 Å². The van der Waals surface area contributed by atoms with Crippen LogP contribution in [0.25, 0.3) is 0 Å². The first kappa shape index (κ1) is 15.5. The van der Waals surface area contributed by atoms with Gasteiger partial charge in [0.1, 0.15) is 6.61 Å². The lowest BCUT2D eigenvalue weighted by atomic mass is 10.0. The van der Waals surface area contributed by atoms with Crippen molar-refractivity contribution < 1.29 is 17.9 Å². The van der Waals surface area contributed by atoms with Gasteiger partial charge >= 0.3 is 6.18 Å². The highest BCUT2D eigenvalue weighted by Gasteiger charge is 2.27. The summed E-state index contributed by atoms with van der Waals surface area (Å²) in [7, 11) is 0. The van der Waals surface area contributed by atoms with Crippen molar-refractivity contribution in [3.63, 3.8) is 0 Å². The molecular formula is C12H15BrF3NO. The number of rotatable bonds is 6. The zero-order valence-electron chi connectivity index (χ0n) is 9.71. The van der Waals surface area contributed by atoms with Crippen molar-refractivity contribution in [3.05, 3.63) is 34.3 Å². The maximum Gasteiger partial charge on any atom is 0.411 e. The molecule has 18 heavy (non-hydrogen) atoms. The molecule has 0 aliphatic heterocycles. The quantitative estimate of drug-likeness (QED) is 0.814. The molecule has 0 spiro atoms. The van der Waals surface area contributed by atoms with Crippen LogP contribution in [-0.2, 0) is 11.2 Å². The standard InChI is InChI=1S/C12H15BrF3NO/c13-11-4-2-1-3-9(11)7-10(17)5-6-18-8-12(14,15)16/h1-4,10H,5-8,17H2. The van der Waals surface area contributed by atoms with Crippen molar-refractivity contribution in [1.82, 2.24) is 0 Å². The summed E-state index contributed by atoms with van der Waals surface area (Å²) in [5.74, 6) is 0. The predicted octanol–water partition coefficient (Wildman–Crippen LogP) is 3.29. The average Bonchev–Trinajstić information content (AvgIpc) is 2.26. The van der Waals surface area contributed by atoms with E-state index in [4.69, 9.17) is 5.73 Å². The molecule has 1 aromatic rings. The van der Waals surface area contributed by atoms with Crippen LogP contribution in [0.3, 0.4) is 0 Å². The number of nitrogens with two attached hydrogens (primary N) is 1. The van der Waals surface area contributed by atoms with Crippen LogP contribution in [0.5, 0.6) is 0 Å². The van der Waals surface area contributed by atoms with Gasteiger partial charge < -0.3 is 10.5 Å². The topological polar surface area (TPSA) is 35.2 Å². The fourth-order valence-electron chi connectivity index (χ4n) is 1.47. The molecule has 2 nitrogen and oxygen atoms in total. The lowest BCUT2D eigenvalue weighted by Crippen LogP contribution is -2.26. The molecule has 0 radical (unpaired) electrons. The van der Waals surface area contributed by atoms with Crippen LogP contribution in [0.1, 0.15) is 12.0 Å². The first-order valence-electron chi connectivity index (χ1n) is 5.52. The largest absolute Gasteiger partial charge is 0.411 e. The minimum atomic E-state index is -4.27. The minimum Gasteiger partial charge on any atom is -0.372 e. The van der Waals surface area contributed by atoms with Crippen molar-refractivity contribution in [2.24, 2.45) is 5.73 Å². The van der Waals surface area contributed by atoms with Gasteiger partial charge in [-0.25, -0.2) is 0 Å². The summed E-state index contributed by atoms with van der Waals surface area (Å²) in [5.41, 5.74) is 6.88. The van der Waals surface area contributed by atoms with Gasteiger partial charge in [0, 0.05) is 17.1 Å². The van der Waals surface area contributed by atoms with E-state index in [0.717, 1.165) is 10.0 Å². The second-order valence-corrected chi connectivity index (χ2v) is 4.87. The third-order valence-corrected chi connectivity index (χ3v) is 3.11. The fraction of sp³-hybridized carbons (Fsp3) is 0.500. The average molecular weight is 326 g/mol. The molecule has 1 atom stereocenters. The summed E-state index contributed by atoms with van der Waals surface area (Å²) in [6, 6.07) is 7.42. The van der Waals surface area contributed by atoms with Gasteiger partial charge in [-0.15, -0.1) is 0 Å². The molecule has 102 valence electrons. The van der Waals surface area contributed by atoms with E-state index in [0.29, 0.717) is 12.8 Å². The van der Waals surface area contributed by atoms with E-state index in [1.54, 1.807) is 0 Å². The van der Waals surface area contributed by atoms with Crippen LogP contribution in [-0.4, -0.2) is 25.4 Å². The third-order valence-electron chi connectivity index (χ3n) is 2.34. The Morgan fingerprint density at radius 1 is 1.28 bits per heavy atom. The maximum atomic E-state index is 11.8. The molecular weight excluding hydrogens is 311 g/mol. The smallest absolute Gasteiger partial charge is 0.372 e. The Kier molecular flexibility index (Phi) is 6.11. The number of halogens is 4. The summed E-state index contributed by atoms with van der Waals surface area (Å²) in [6.45, 7) is -1.19. The van der Waals surface area contributed by atoms with Gasteiger partial charge in [0.05, 0.1) is 0 Å². The van der Waals surface area contributed by atoms with Crippen molar-refractivity contribution in [3.8, 4) is 0 Å². The van der Waals surface area contributed by atoms with E-state index < -0.39 is 12.8 Å². The third kappa shape index (κ3) is 6.37. The Labute approximate surface area is 112 Å². The molecule has 0 fully saturated rings. The molecule has 0 bridgehead atoms. The SMILES string of the molecule is NC(CCOCC(F)(F)F)Cc1ccccc1Br. The fourth-order valence-corrected chi connectivity index (χ4v) is 1.92. The summed E-state index contributed by atoms with van der Waals surface area (Å²) in [4.78, 5) is 0. The highest BCUT2D eigenvalue weighted by atomic mass is 79.9. The molecule has 0 saturated carbocycles. The van der Waals surface area contributed by atoms with Gasteiger partial charge in [-0.2, -0.15) is 13.2 Å². The molecule has 0 heterocycles. The van der Waals surface area contributed by atoms with Crippen LogP contribution in [0.2, 0.25) is 0 Å². The van der Waals surface area contributed by atoms with Gasteiger partial charge in [0.25, 0.3) is 0 Å². The molecule has 2 N–H and O–H groups in total. The molecule has 0 aliphatic carbocycles. The molecule has 0 aliphatic rings. The Balaban J connectivity index is 2.26. The summed E-state index contributed by atoms with van der Waals surface area (Å²) in [6.07, 6.45) is -3.26. The number of ether oxygens (including phenoxy) is 1. The highest BCUT2D eigenvalue weighted by molar-refractivity contribution is 9.10. The minimum absolute atomic E-state index is 0.0190. The number of benzene rings is 1. The van der Waals surface area contributed by atoms with Crippen molar-refractivity contribution >= 4 is 15.9 Å². The zero-order valence-corrected chi connectivity index (χ0v) is 11.3. The van der Waals surface area contributed by atoms with Gasteiger partial charge in [-0.05, 0) is 24.5 Å². The molecule has 1 rings (SSSR count). The van der Waals surface area contributed by atoms with Crippen LogP contribution < -0.4 is 5.73 Å². The van der Waals surface area contributed by atoms with Gasteiger partial charge in [0.2, 0.25) is 0 Å². The first-order valence-corrected chi connectivity index (χ1v) is 6.31. The van der Waals surface area contributed by atoms with E-state index in [1.165, 1.54) is 0 Å². The Morgan fingerprint density at radius 3 is 2.56 bits per heavy atom. The molecule has 0 amide bonds. The predicted molar refractivity (Wildman–Crippen MR) is 67.3 cm³/mol. The van der Waals surface area contributed by atoms with Crippen LogP contribution >= 0.6 is 15.9 Å². The summed E-state index contributed by atoms with van der Waals surface area (Å²) < 4.78 is 40.9. The van der Waals surface area contributed by atoms with Crippen molar-refractivity contribution in [1.29, 1.82) is 0 Å². The van der Waals surface area contributed by atoms with Crippen LogP contribution in [0, 0.1) is 0 Å². The molecule has 1 aromatic carbocycles. The number of hydrogen-bond donors (Lipinski definition) is 1. The summed E-state index contributed by atoms with van der Waals surface area (Å²) in [5, 5.41) is 0. The van der Waals surface area contributed by atoms with E-state index >= 15 is 0 Å². The van der Waals surface area contributed by atoms with Crippen molar-refractivity contribution in [2.75, 3.05) is 13.2 Å². The molecule has 6 heteroatoms. The van der Waals surface area contributed by atoms with E-state index in [9.17, 15) is 13.2 Å². The van der Waals surface area contributed by atoms with Gasteiger partial charge in [-0.3, -0.25) is 0 Å². The zero-order chi connectivity index (χ0) is 13.6. The number of hydrogen-bond acceptors (Lipinski definition) is 2. The molecule has 0 saturated heterocycles. The van der Waals surface area contributed by atoms with E-state index in [-0.39, 0.29) is 12.6 Å². The monoisotopic (exact) mass is 325 g/mol. The Hall–Kier alpha value is -0.590. The Morgan fingerprint density at radius 2 is 1.94 bits per heavy atom. The van der Waals surface area contributed by atoms with E-state index in [1.807, 2.05) is 24.3 Å². The van der Waals surface area contributed by atoms with E-state index in [2.05, 4.69) is 20.7 Å². The lowest BCUT2D eigenvalue weighted by Gasteiger charge is -2.13. The number of alkyl halides is 3. The Bertz CT molecular complexity index is 371. The lowest BCUT2D eigenvalue weighted by molar-refractivity contribution is -0.174. The van der Waals surface area contributed by atoms with Gasteiger partial charge in [-0.1, -0.05) is 34.1 Å². The van der Waals surface area contributed by atoms with Crippen LogP contribution in [0.4, 0.5) is 13.2 Å². The second kappa shape index (κ2) is 7.11. The molecule has 1 unspecified atom stereocenters. The highest BCUT2D eigenvalue weighted by Crippen LogP contribution is 2.18.